The highest BCUT2D eigenvalue weighted by Gasteiger charge is 2.31. The molecule has 0 saturated heterocycles. The summed E-state index contributed by atoms with van der Waals surface area (Å²) in [6.07, 6.45) is 19.2. The molecule has 0 N–H and O–H groups in total. The summed E-state index contributed by atoms with van der Waals surface area (Å²) in [4.78, 5) is 12.5. The van der Waals surface area contributed by atoms with Crippen LogP contribution in [0.5, 0.6) is 5.75 Å². The molecule has 3 fully saturated rings. The zero-order valence-corrected chi connectivity index (χ0v) is 20.0. The predicted octanol–water partition coefficient (Wildman–Crippen LogP) is 8.12. The molecule has 0 atom stereocenters. The summed E-state index contributed by atoms with van der Waals surface area (Å²) in [6, 6.07) is 7.82. The van der Waals surface area contributed by atoms with Gasteiger partial charge >= 0.3 is 5.97 Å². The lowest BCUT2D eigenvalue weighted by molar-refractivity contribution is -0.140. The lowest BCUT2D eigenvalue weighted by Crippen LogP contribution is -2.27. The van der Waals surface area contributed by atoms with Gasteiger partial charge in [0.25, 0.3) is 0 Å². The predicted molar refractivity (Wildman–Crippen MR) is 128 cm³/mol. The van der Waals surface area contributed by atoms with Crippen molar-refractivity contribution < 1.29 is 9.53 Å². The van der Waals surface area contributed by atoms with Crippen LogP contribution >= 0.6 is 0 Å². The molecule has 0 amide bonds. The van der Waals surface area contributed by atoms with Crippen LogP contribution in [0.2, 0.25) is 0 Å². The second kappa shape index (κ2) is 11.0. The molecular weight excluding hydrogens is 380 g/mol. The molecule has 0 heterocycles. The van der Waals surface area contributed by atoms with Crippen LogP contribution in [0.4, 0.5) is 0 Å². The van der Waals surface area contributed by atoms with Crippen molar-refractivity contribution in [3.63, 3.8) is 0 Å². The van der Waals surface area contributed by atoms with Crippen molar-refractivity contribution in [2.24, 2.45) is 35.5 Å². The number of carbonyl (C=O) groups excluding carboxylic acids is 1. The number of hydrogen-bond acceptors (Lipinski definition) is 2. The Kier molecular flexibility index (Phi) is 8.13. The summed E-state index contributed by atoms with van der Waals surface area (Å²) >= 11 is 0. The fraction of sp³-hybridized carbons (Fsp3) is 0.759. The van der Waals surface area contributed by atoms with Crippen LogP contribution in [-0.2, 0) is 4.79 Å². The van der Waals surface area contributed by atoms with Gasteiger partial charge < -0.3 is 4.74 Å². The zero-order chi connectivity index (χ0) is 21.6. The first-order valence-electron chi connectivity index (χ1n) is 13.3. The van der Waals surface area contributed by atoms with E-state index >= 15 is 0 Å². The smallest absolute Gasteiger partial charge is 0.314 e. The maximum absolute atomic E-state index is 12.5. The number of rotatable bonds is 6. The maximum atomic E-state index is 12.5. The number of hydrogen-bond donors (Lipinski definition) is 0. The summed E-state index contributed by atoms with van der Waals surface area (Å²) in [5.41, 5.74) is 1.19. The number of ether oxygens (including phenoxy) is 1. The van der Waals surface area contributed by atoms with Gasteiger partial charge in [-0.1, -0.05) is 63.1 Å². The summed E-state index contributed by atoms with van der Waals surface area (Å²) in [6.45, 7) is 4.49. The van der Waals surface area contributed by atoms with E-state index in [2.05, 4.69) is 13.8 Å². The third-order valence-corrected chi connectivity index (χ3v) is 9.02. The third kappa shape index (κ3) is 6.59. The molecule has 3 aliphatic rings. The monoisotopic (exact) mass is 424 g/mol. The Morgan fingerprint density at radius 2 is 1.23 bits per heavy atom. The van der Waals surface area contributed by atoms with E-state index in [9.17, 15) is 4.79 Å². The van der Waals surface area contributed by atoms with Gasteiger partial charge in [0, 0.05) is 0 Å². The van der Waals surface area contributed by atoms with Gasteiger partial charge in [0.15, 0.2) is 0 Å². The quantitative estimate of drug-likeness (QED) is 0.340. The van der Waals surface area contributed by atoms with Crippen LogP contribution in [0.15, 0.2) is 24.3 Å². The number of carbonyl (C=O) groups is 1. The highest BCUT2D eigenvalue weighted by atomic mass is 16.5. The lowest BCUT2D eigenvalue weighted by atomic mass is 9.68. The lowest BCUT2D eigenvalue weighted by Gasteiger charge is -2.37. The third-order valence-electron chi connectivity index (χ3n) is 9.02. The summed E-state index contributed by atoms with van der Waals surface area (Å²) < 4.78 is 5.63. The molecule has 1 aromatic rings. The Morgan fingerprint density at radius 3 is 1.77 bits per heavy atom. The molecule has 4 rings (SSSR count). The average molecular weight is 425 g/mol. The van der Waals surface area contributed by atoms with Crippen molar-refractivity contribution in [2.45, 2.75) is 104 Å². The summed E-state index contributed by atoms with van der Waals surface area (Å²) in [5.74, 6) is 5.65. The first-order valence-corrected chi connectivity index (χ1v) is 13.3. The topological polar surface area (TPSA) is 26.3 Å². The van der Waals surface area contributed by atoms with Crippen LogP contribution < -0.4 is 4.74 Å². The van der Waals surface area contributed by atoms with Gasteiger partial charge in [-0.15, -0.1) is 0 Å². The Morgan fingerprint density at radius 1 is 0.742 bits per heavy atom. The van der Waals surface area contributed by atoms with Crippen molar-refractivity contribution >= 4 is 5.97 Å². The summed E-state index contributed by atoms with van der Waals surface area (Å²) in [5, 5.41) is 0. The molecule has 31 heavy (non-hydrogen) atoms. The second-order valence-corrected chi connectivity index (χ2v) is 11.3. The average Bonchev–Trinajstić information content (AvgIpc) is 2.80. The normalized spacial score (nSPS) is 34.3. The van der Waals surface area contributed by atoms with E-state index < -0.39 is 0 Å². The minimum Gasteiger partial charge on any atom is -0.426 e. The van der Waals surface area contributed by atoms with Crippen molar-refractivity contribution in [2.75, 3.05) is 0 Å². The molecule has 0 spiro atoms. The van der Waals surface area contributed by atoms with E-state index in [4.69, 9.17) is 4.74 Å². The van der Waals surface area contributed by atoms with Crippen molar-refractivity contribution in [3.8, 4) is 5.75 Å². The van der Waals surface area contributed by atoms with Gasteiger partial charge in [0.2, 0.25) is 0 Å². The van der Waals surface area contributed by atoms with Gasteiger partial charge in [0.05, 0.1) is 5.92 Å². The zero-order valence-electron chi connectivity index (χ0n) is 20.0. The van der Waals surface area contributed by atoms with Gasteiger partial charge in [0.1, 0.15) is 5.75 Å². The highest BCUT2D eigenvalue weighted by molar-refractivity contribution is 5.75. The SMILES string of the molecule is Cc1ccc(OC(=O)C2CCC(CCC3CCC(C4CCC(C)CC4)CC3)CC2)cc1. The fourth-order valence-corrected chi connectivity index (χ4v) is 6.67. The Labute approximate surface area is 190 Å². The molecule has 0 aromatic heterocycles. The largest absolute Gasteiger partial charge is 0.426 e. The van der Waals surface area contributed by atoms with E-state index in [1.807, 2.05) is 24.3 Å². The van der Waals surface area contributed by atoms with E-state index in [-0.39, 0.29) is 11.9 Å². The summed E-state index contributed by atoms with van der Waals surface area (Å²) in [7, 11) is 0. The minimum atomic E-state index is -0.0160. The molecule has 2 heteroatoms. The van der Waals surface area contributed by atoms with Gasteiger partial charge in [-0.05, 0) is 100 Å². The standard InChI is InChI=1S/C29H44O2/c1-21-3-13-25(14-4-21)26-15-9-23(10-16-26)7-8-24-11-17-27(18-12-24)29(30)31-28-19-5-22(2)6-20-28/h5-6,19-21,23-27H,3-4,7-18H2,1-2H3. The second-order valence-electron chi connectivity index (χ2n) is 11.3. The van der Waals surface area contributed by atoms with Gasteiger partial charge in [-0.2, -0.15) is 0 Å². The van der Waals surface area contributed by atoms with Crippen LogP contribution in [-0.4, -0.2) is 5.97 Å². The first-order chi connectivity index (χ1) is 15.1. The highest BCUT2D eigenvalue weighted by Crippen LogP contribution is 2.43. The van der Waals surface area contributed by atoms with Crippen LogP contribution in [0, 0.1) is 42.4 Å². The Hall–Kier alpha value is -1.31. The van der Waals surface area contributed by atoms with Crippen LogP contribution in [0.1, 0.15) is 102 Å². The van der Waals surface area contributed by atoms with E-state index in [1.165, 1.54) is 82.6 Å². The fourth-order valence-electron chi connectivity index (χ4n) is 6.67. The molecule has 0 radical (unpaired) electrons. The van der Waals surface area contributed by atoms with E-state index in [1.54, 1.807) is 0 Å². The number of esters is 1. The van der Waals surface area contributed by atoms with Gasteiger partial charge in [-0.25, -0.2) is 0 Å². The molecule has 2 nitrogen and oxygen atoms in total. The molecular formula is C29H44O2. The first kappa shape index (κ1) is 22.9. The molecule has 0 bridgehead atoms. The number of aryl methyl sites for hydroxylation is 1. The molecule has 3 aliphatic carbocycles. The Bertz CT molecular complexity index is 669. The van der Waals surface area contributed by atoms with Gasteiger partial charge in [-0.3, -0.25) is 4.79 Å². The van der Waals surface area contributed by atoms with Crippen molar-refractivity contribution in [1.29, 1.82) is 0 Å². The molecule has 172 valence electrons. The van der Waals surface area contributed by atoms with Crippen molar-refractivity contribution in [3.05, 3.63) is 29.8 Å². The van der Waals surface area contributed by atoms with Crippen LogP contribution in [0.25, 0.3) is 0 Å². The van der Waals surface area contributed by atoms with E-state index in [0.29, 0.717) is 5.75 Å². The minimum absolute atomic E-state index is 0.0160. The van der Waals surface area contributed by atoms with Crippen LogP contribution in [0.3, 0.4) is 0 Å². The van der Waals surface area contributed by atoms with E-state index in [0.717, 1.165) is 42.4 Å². The maximum Gasteiger partial charge on any atom is 0.314 e. The molecule has 0 aliphatic heterocycles. The van der Waals surface area contributed by atoms with Crippen molar-refractivity contribution in [1.82, 2.24) is 0 Å². The number of benzene rings is 1. The molecule has 1 aromatic carbocycles. The molecule has 0 unspecified atom stereocenters. The molecule has 3 saturated carbocycles. The Balaban J connectivity index is 1.11.